The molecule has 2 aliphatic heterocycles. The molecule has 2 saturated heterocycles. The number of hydrogen-bond donors (Lipinski definition) is 1. The standard InChI is InChI=1S/C11H18N4S/c1-3-10-13-11(16-14-10)15-6-8-4-12-5-9(8)7(15)2/h7-9,12H,3-6H2,1-2H3. The van der Waals surface area contributed by atoms with Crippen LogP contribution in [0.5, 0.6) is 0 Å². The second kappa shape index (κ2) is 3.96. The molecule has 0 radical (unpaired) electrons. The van der Waals surface area contributed by atoms with Crippen molar-refractivity contribution >= 4 is 16.7 Å². The minimum atomic E-state index is 0.609. The Labute approximate surface area is 100 Å². The van der Waals surface area contributed by atoms with Gasteiger partial charge in [-0.05, 0) is 18.8 Å². The molecule has 0 bridgehead atoms. The van der Waals surface area contributed by atoms with Gasteiger partial charge in [0, 0.05) is 43.6 Å². The third kappa shape index (κ3) is 1.53. The number of nitrogens with one attached hydrogen (secondary N) is 1. The minimum absolute atomic E-state index is 0.609. The van der Waals surface area contributed by atoms with Crippen molar-refractivity contribution in [3.05, 3.63) is 5.82 Å². The first kappa shape index (κ1) is 10.5. The van der Waals surface area contributed by atoms with Crippen LogP contribution >= 0.6 is 11.5 Å². The molecule has 16 heavy (non-hydrogen) atoms. The molecule has 3 atom stereocenters. The molecule has 1 N–H and O–H groups in total. The lowest BCUT2D eigenvalue weighted by molar-refractivity contribution is 0.471. The van der Waals surface area contributed by atoms with Gasteiger partial charge in [0.2, 0.25) is 5.13 Å². The molecule has 1 aromatic rings. The molecular weight excluding hydrogens is 220 g/mol. The molecule has 3 heterocycles. The molecule has 4 nitrogen and oxygen atoms in total. The Bertz CT molecular complexity index is 378. The highest BCUT2D eigenvalue weighted by Crippen LogP contribution is 2.36. The quantitative estimate of drug-likeness (QED) is 0.839. The maximum absolute atomic E-state index is 4.60. The Kier molecular flexibility index (Phi) is 2.59. The molecule has 0 spiro atoms. The van der Waals surface area contributed by atoms with Crippen molar-refractivity contribution in [1.29, 1.82) is 0 Å². The van der Waals surface area contributed by atoms with Gasteiger partial charge in [0.05, 0.1) is 0 Å². The minimum Gasteiger partial charge on any atom is -0.343 e. The molecule has 3 rings (SSSR count). The van der Waals surface area contributed by atoms with Crippen molar-refractivity contribution in [3.63, 3.8) is 0 Å². The van der Waals surface area contributed by atoms with Crippen LogP contribution in [-0.2, 0) is 6.42 Å². The van der Waals surface area contributed by atoms with Crippen LogP contribution in [0.4, 0.5) is 5.13 Å². The van der Waals surface area contributed by atoms with Crippen LogP contribution in [0.3, 0.4) is 0 Å². The average molecular weight is 238 g/mol. The first-order chi connectivity index (χ1) is 7.79. The summed E-state index contributed by atoms with van der Waals surface area (Å²) in [6.07, 6.45) is 0.938. The first-order valence-corrected chi connectivity index (χ1v) is 6.87. The Hall–Kier alpha value is -0.680. The zero-order valence-corrected chi connectivity index (χ0v) is 10.6. The van der Waals surface area contributed by atoms with Gasteiger partial charge in [0.15, 0.2) is 0 Å². The van der Waals surface area contributed by atoms with Gasteiger partial charge in [-0.15, -0.1) is 0 Å². The summed E-state index contributed by atoms with van der Waals surface area (Å²) in [5, 5.41) is 4.61. The predicted octanol–water partition coefficient (Wildman–Crippen LogP) is 1.14. The molecule has 1 aromatic heterocycles. The fourth-order valence-electron chi connectivity index (χ4n) is 2.93. The van der Waals surface area contributed by atoms with Crippen LogP contribution < -0.4 is 10.2 Å². The van der Waals surface area contributed by atoms with Crippen LogP contribution in [0.1, 0.15) is 19.7 Å². The van der Waals surface area contributed by atoms with E-state index in [1.807, 2.05) is 0 Å². The Morgan fingerprint density at radius 2 is 2.38 bits per heavy atom. The van der Waals surface area contributed by atoms with Crippen molar-refractivity contribution in [1.82, 2.24) is 14.7 Å². The summed E-state index contributed by atoms with van der Waals surface area (Å²) < 4.78 is 4.38. The molecule has 2 aliphatic rings. The Morgan fingerprint density at radius 1 is 1.50 bits per heavy atom. The normalized spacial score (nSPS) is 33.4. The lowest BCUT2D eigenvalue weighted by Crippen LogP contribution is -2.33. The fraction of sp³-hybridized carbons (Fsp3) is 0.818. The molecule has 2 fully saturated rings. The number of aryl methyl sites for hydroxylation is 1. The van der Waals surface area contributed by atoms with Crippen molar-refractivity contribution in [2.45, 2.75) is 26.3 Å². The monoisotopic (exact) mass is 238 g/mol. The Morgan fingerprint density at radius 3 is 3.06 bits per heavy atom. The van der Waals surface area contributed by atoms with Gasteiger partial charge in [-0.25, -0.2) is 4.98 Å². The number of fused-ring (bicyclic) bond motifs is 1. The van der Waals surface area contributed by atoms with Crippen molar-refractivity contribution in [3.8, 4) is 0 Å². The number of nitrogens with zero attached hydrogens (tertiary/aromatic N) is 3. The van der Waals surface area contributed by atoms with Gasteiger partial charge < -0.3 is 10.2 Å². The Balaban J connectivity index is 1.80. The van der Waals surface area contributed by atoms with Crippen LogP contribution in [0.25, 0.3) is 0 Å². The number of anilines is 1. The van der Waals surface area contributed by atoms with Crippen LogP contribution in [0.2, 0.25) is 0 Å². The van der Waals surface area contributed by atoms with E-state index in [-0.39, 0.29) is 0 Å². The first-order valence-electron chi connectivity index (χ1n) is 6.09. The molecule has 3 unspecified atom stereocenters. The SMILES string of the molecule is CCc1nsc(N2CC3CNCC3C2C)n1. The largest absolute Gasteiger partial charge is 0.343 e. The van der Waals surface area contributed by atoms with E-state index in [0.717, 1.165) is 35.8 Å². The van der Waals surface area contributed by atoms with Crippen molar-refractivity contribution in [2.75, 3.05) is 24.5 Å². The summed E-state index contributed by atoms with van der Waals surface area (Å²) in [5.74, 6) is 2.60. The smallest absolute Gasteiger partial charge is 0.205 e. The summed E-state index contributed by atoms with van der Waals surface area (Å²) >= 11 is 1.56. The van der Waals surface area contributed by atoms with E-state index in [4.69, 9.17) is 0 Å². The maximum atomic E-state index is 4.60. The zero-order chi connectivity index (χ0) is 11.1. The van der Waals surface area contributed by atoms with Gasteiger partial charge in [-0.2, -0.15) is 4.37 Å². The highest BCUT2D eigenvalue weighted by Gasteiger charge is 2.42. The maximum Gasteiger partial charge on any atom is 0.205 e. The second-order valence-electron chi connectivity index (χ2n) is 4.82. The van der Waals surface area contributed by atoms with E-state index < -0.39 is 0 Å². The number of rotatable bonds is 2. The lowest BCUT2D eigenvalue weighted by atomic mass is 9.95. The second-order valence-corrected chi connectivity index (χ2v) is 5.55. The summed E-state index contributed by atoms with van der Waals surface area (Å²) in [6, 6.07) is 0.609. The molecule has 0 saturated carbocycles. The van der Waals surface area contributed by atoms with Gasteiger partial charge in [-0.1, -0.05) is 6.92 Å². The molecular formula is C11H18N4S. The topological polar surface area (TPSA) is 41.1 Å². The summed E-state index contributed by atoms with van der Waals surface area (Å²) in [6.45, 7) is 7.92. The van der Waals surface area contributed by atoms with E-state index in [1.54, 1.807) is 11.5 Å². The lowest BCUT2D eigenvalue weighted by Gasteiger charge is -2.23. The van der Waals surface area contributed by atoms with E-state index >= 15 is 0 Å². The molecule has 0 amide bonds. The van der Waals surface area contributed by atoms with Gasteiger partial charge in [-0.3, -0.25) is 0 Å². The molecule has 88 valence electrons. The van der Waals surface area contributed by atoms with Crippen LogP contribution in [0.15, 0.2) is 0 Å². The summed E-state index contributed by atoms with van der Waals surface area (Å²) in [4.78, 5) is 7.05. The summed E-state index contributed by atoms with van der Waals surface area (Å²) in [5.41, 5.74) is 0. The number of aromatic nitrogens is 2. The highest BCUT2D eigenvalue weighted by molar-refractivity contribution is 7.09. The van der Waals surface area contributed by atoms with E-state index in [0.29, 0.717) is 6.04 Å². The van der Waals surface area contributed by atoms with Crippen molar-refractivity contribution in [2.24, 2.45) is 11.8 Å². The number of hydrogen-bond acceptors (Lipinski definition) is 5. The third-order valence-electron chi connectivity index (χ3n) is 3.95. The molecule has 0 aromatic carbocycles. The summed E-state index contributed by atoms with van der Waals surface area (Å²) in [7, 11) is 0. The highest BCUT2D eigenvalue weighted by atomic mass is 32.1. The average Bonchev–Trinajstić information content (AvgIpc) is 2.96. The molecule has 0 aliphatic carbocycles. The van der Waals surface area contributed by atoms with E-state index in [2.05, 4.69) is 33.4 Å². The van der Waals surface area contributed by atoms with E-state index in [1.165, 1.54) is 13.1 Å². The van der Waals surface area contributed by atoms with Gasteiger partial charge in [0.25, 0.3) is 0 Å². The van der Waals surface area contributed by atoms with E-state index in [9.17, 15) is 0 Å². The van der Waals surface area contributed by atoms with Crippen molar-refractivity contribution < 1.29 is 0 Å². The zero-order valence-electron chi connectivity index (χ0n) is 9.81. The predicted molar refractivity (Wildman–Crippen MR) is 65.9 cm³/mol. The van der Waals surface area contributed by atoms with Gasteiger partial charge >= 0.3 is 0 Å². The molecule has 5 heteroatoms. The third-order valence-corrected chi connectivity index (χ3v) is 4.74. The van der Waals surface area contributed by atoms with Crippen LogP contribution in [0, 0.1) is 11.8 Å². The fourth-order valence-corrected chi connectivity index (χ4v) is 3.77. The van der Waals surface area contributed by atoms with Crippen LogP contribution in [-0.4, -0.2) is 35.0 Å². The van der Waals surface area contributed by atoms with Gasteiger partial charge in [0.1, 0.15) is 5.82 Å².